The highest BCUT2D eigenvalue weighted by Gasteiger charge is 2.11. The van der Waals surface area contributed by atoms with Crippen molar-refractivity contribution in [2.24, 2.45) is 0 Å². The largest absolute Gasteiger partial charge is 0.489 e. The van der Waals surface area contributed by atoms with Crippen molar-refractivity contribution >= 4 is 29.3 Å². The Morgan fingerprint density at radius 1 is 1.30 bits per heavy atom. The van der Waals surface area contributed by atoms with E-state index in [1.54, 1.807) is 0 Å². The lowest BCUT2D eigenvalue weighted by atomic mass is 10.1. The van der Waals surface area contributed by atoms with Gasteiger partial charge in [0.1, 0.15) is 6.61 Å². The fourth-order valence-electron chi connectivity index (χ4n) is 2.21. The van der Waals surface area contributed by atoms with Crippen LogP contribution in [0.4, 0.5) is 4.39 Å². The zero-order valence-electron chi connectivity index (χ0n) is 11.1. The molecular formula is C14H18Cl2FNO2. The molecule has 0 aliphatic carbocycles. The third-order valence-electron chi connectivity index (χ3n) is 3.27. The van der Waals surface area contributed by atoms with Crippen molar-refractivity contribution in [3.63, 3.8) is 0 Å². The summed E-state index contributed by atoms with van der Waals surface area (Å²) < 4.78 is 19.0. The second-order valence-electron chi connectivity index (χ2n) is 4.67. The number of likely N-dealkylation sites (tertiary alicyclic amines) is 1. The molecular weight excluding hydrogens is 304 g/mol. The number of rotatable bonds is 5. The van der Waals surface area contributed by atoms with Crippen LogP contribution in [0.25, 0.3) is 0 Å². The van der Waals surface area contributed by atoms with Crippen LogP contribution in [0.2, 0.25) is 0 Å². The van der Waals surface area contributed by atoms with Gasteiger partial charge >= 0.3 is 0 Å². The summed E-state index contributed by atoms with van der Waals surface area (Å²) >= 11 is 5.28. The fourth-order valence-corrected chi connectivity index (χ4v) is 2.33. The van der Waals surface area contributed by atoms with Crippen molar-refractivity contribution in [2.45, 2.75) is 19.3 Å². The Kier molecular flexibility index (Phi) is 7.27. The lowest BCUT2D eigenvalue weighted by Crippen LogP contribution is -2.33. The van der Waals surface area contributed by atoms with E-state index in [4.69, 9.17) is 16.3 Å². The first-order chi connectivity index (χ1) is 9.16. The van der Waals surface area contributed by atoms with Gasteiger partial charge in [0.15, 0.2) is 11.6 Å². The van der Waals surface area contributed by atoms with Gasteiger partial charge in [0, 0.05) is 12.1 Å². The Bertz CT molecular complexity index is 451. The molecule has 1 fully saturated rings. The Hall–Kier alpha value is -0.840. The molecule has 0 radical (unpaired) electrons. The SMILES string of the molecule is Cl.O=C(Cl)c1ccc(OCCN2CCCCC2)c(F)c1. The summed E-state index contributed by atoms with van der Waals surface area (Å²) in [7, 11) is 0. The van der Waals surface area contributed by atoms with Crippen LogP contribution in [0.5, 0.6) is 5.75 Å². The lowest BCUT2D eigenvalue weighted by molar-refractivity contribution is 0.108. The molecule has 3 nitrogen and oxygen atoms in total. The molecule has 0 N–H and O–H groups in total. The summed E-state index contributed by atoms with van der Waals surface area (Å²) in [4.78, 5) is 13.2. The van der Waals surface area contributed by atoms with Gasteiger partial charge in [-0.1, -0.05) is 6.42 Å². The van der Waals surface area contributed by atoms with Gasteiger partial charge in [-0.25, -0.2) is 4.39 Å². The van der Waals surface area contributed by atoms with Crippen LogP contribution < -0.4 is 4.74 Å². The quantitative estimate of drug-likeness (QED) is 0.777. The maximum absolute atomic E-state index is 13.6. The average molecular weight is 322 g/mol. The van der Waals surface area contributed by atoms with Crippen molar-refractivity contribution < 1.29 is 13.9 Å². The van der Waals surface area contributed by atoms with Crippen molar-refractivity contribution in [1.82, 2.24) is 4.90 Å². The van der Waals surface area contributed by atoms with Crippen LogP contribution in [0.1, 0.15) is 29.6 Å². The highest BCUT2D eigenvalue weighted by Crippen LogP contribution is 2.19. The molecule has 0 aromatic heterocycles. The van der Waals surface area contributed by atoms with Crippen LogP contribution in [-0.2, 0) is 0 Å². The van der Waals surface area contributed by atoms with Crippen molar-refractivity contribution in [1.29, 1.82) is 0 Å². The molecule has 0 atom stereocenters. The molecule has 0 spiro atoms. The molecule has 112 valence electrons. The summed E-state index contributed by atoms with van der Waals surface area (Å²) in [6.07, 6.45) is 3.74. The van der Waals surface area contributed by atoms with Crippen LogP contribution in [0, 0.1) is 5.82 Å². The van der Waals surface area contributed by atoms with E-state index in [1.807, 2.05) is 0 Å². The smallest absolute Gasteiger partial charge is 0.252 e. The van der Waals surface area contributed by atoms with Gasteiger partial charge in [-0.05, 0) is 55.7 Å². The summed E-state index contributed by atoms with van der Waals surface area (Å²) in [6, 6.07) is 4.02. The van der Waals surface area contributed by atoms with E-state index >= 15 is 0 Å². The first kappa shape index (κ1) is 17.2. The highest BCUT2D eigenvalue weighted by atomic mass is 35.5. The topological polar surface area (TPSA) is 29.5 Å². The lowest BCUT2D eigenvalue weighted by Gasteiger charge is -2.26. The third-order valence-corrected chi connectivity index (χ3v) is 3.49. The van der Waals surface area contributed by atoms with Crippen molar-refractivity contribution in [3.8, 4) is 5.75 Å². The zero-order chi connectivity index (χ0) is 13.7. The number of halogens is 3. The van der Waals surface area contributed by atoms with E-state index in [9.17, 15) is 9.18 Å². The Balaban J connectivity index is 0.00000200. The maximum Gasteiger partial charge on any atom is 0.252 e. The van der Waals surface area contributed by atoms with E-state index in [2.05, 4.69) is 4.90 Å². The monoisotopic (exact) mass is 321 g/mol. The molecule has 1 aliphatic heterocycles. The number of carbonyl (C=O) groups is 1. The normalized spacial score (nSPS) is 15.5. The van der Waals surface area contributed by atoms with E-state index in [0.29, 0.717) is 6.61 Å². The van der Waals surface area contributed by atoms with Gasteiger partial charge in [0.25, 0.3) is 5.24 Å². The number of ether oxygens (including phenoxy) is 1. The third kappa shape index (κ3) is 4.93. The predicted molar refractivity (Wildman–Crippen MR) is 79.6 cm³/mol. The average Bonchev–Trinajstić information content (AvgIpc) is 2.41. The van der Waals surface area contributed by atoms with Crippen LogP contribution in [0.3, 0.4) is 0 Å². The predicted octanol–water partition coefficient (Wildman–Crippen LogP) is 3.49. The van der Waals surface area contributed by atoms with Gasteiger partial charge in [-0.2, -0.15) is 0 Å². The van der Waals surface area contributed by atoms with Gasteiger partial charge in [0.2, 0.25) is 0 Å². The standard InChI is InChI=1S/C14H17ClFNO2.ClH/c15-14(18)11-4-5-13(12(16)10-11)19-9-8-17-6-2-1-3-7-17;/h4-5,10H,1-3,6-9H2;1H. The first-order valence-electron chi connectivity index (χ1n) is 6.51. The minimum atomic E-state index is -0.668. The molecule has 1 aliphatic rings. The molecule has 0 unspecified atom stereocenters. The van der Waals surface area contributed by atoms with Crippen molar-refractivity contribution in [2.75, 3.05) is 26.2 Å². The number of carbonyl (C=O) groups excluding carboxylic acids is 1. The van der Waals surface area contributed by atoms with Crippen molar-refractivity contribution in [3.05, 3.63) is 29.6 Å². The number of hydrogen-bond acceptors (Lipinski definition) is 3. The summed E-state index contributed by atoms with van der Waals surface area (Å²) in [5, 5.41) is -0.668. The van der Waals surface area contributed by atoms with Crippen LogP contribution in [0.15, 0.2) is 18.2 Å². The van der Waals surface area contributed by atoms with E-state index in [-0.39, 0.29) is 23.7 Å². The molecule has 0 amide bonds. The van der Waals surface area contributed by atoms with Crippen LogP contribution in [-0.4, -0.2) is 36.4 Å². The Morgan fingerprint density at radius 2 is 2.00 bits per heavy atom. The molecule has 6 heteroatoms. The minimum absolute atomic E-state index is 0. The molecule has 1 aromatic carbocycles. The van der Waals surface area contributed by atoms with E-state index < -0.39 is 11.1 Å². The maximum atomic E-state index is 13.6. The molecule has 1 aromatic rings. The Labute approximate surface area is 129 Å². The summed E-state index contributed by atoms with van der Waals surface area (Å²) in [5.41, 5.74) is 0.141. The van der Waals surface area contributed by atoms with Gasteiger partial charge < -0.3 is 4.74 Å². The summed E-state index contributed by atoms with van der Waals surface area (Å²) in [5.74, 6) is -0.385. The Morgan fingerprint density at radius 3 is 2.60 bits per heavy atom. The summed E-state index contributed by atoms with van der Waals surface area (Å²) in [6.45, 7) is 3.43. The molecule has 0 saturated carbocycles. The van der Waals surface area contributed by atoms with Crippen LogP contribution >= 0.6 is 24.0 Å². The number of hydrogen-bond donors (Lipinski definition) is 0. The molecule has 2 rings (SSSR count). The molecule has 1 saturated heterocycles. The fraction of sp³-hybridized carbons (Fsp3) is 0.500. The molecule has 0 bridgehead atoms. The van der Waals surface area contributed by atoms with Gasteiger partial charge in [0.05, 0.1) is 0 Å². The number of piperidine rings is 1. The highest BCUT2D eigenvalue weighted by molar-refractivity contribution is 6.67. The number of nitrogens with zero attached hydrogens (tertiary/aromatic N) is 1. The van der Waals surface area contributed by atoms with E-state index in [0.717, 1.165) is 25.7 Å². The minimum Gasteiger partial charge on any atom is -0.489 e. The van der Waals surface area contributed by atoms with Gasteiger partial charge in [-0.15, -0.1) is 12.4 Å². The second kappa shape index (κ2) is 8.45. The molecule has 1 heterocycles. The molecule has 20 heavy (non-hydrogen) atoms. The van der Waals surface area contributed by atoms with E-state index in [1.165, 1.54) is 31.4 Å². The first-order valence-corrected chi connectivity index (χ1v) is 6.89. The van der Waals surface area contributed by atoms with Gasteiger partial charge in [-0.3, -0.25) is 9.69 Å². The number of benzene rings is 1. The zero-order valence-corrected chi connectivity index (χ0v) is 12.7. The second-order valence-corrected chi connectivity index (χ2v) is 5.01.